The molecule has 6 rings (SSSR count). The van der Waals surface area contributed by atoms with E-state index >= 15 is 0 Å². The summed E-state index contributed by atoms with van der Waals surface area (Å²) in [7, 11) is 4.36. The lowest BCUT2D eigenvalue weighted by Gasteiger charge is -2.35. The number of rotatable bonds is 6. The zero-order chi connectivity index (χ0) is 26.2. The van der Waals surface area contributed by atoms with Crippen LogP contribution in [-0.4, -0.2) is 96.6 Å². The molecule has 1 amide bonds. The highest BCUT2D eigenvalue weighted by Crippen LogP contribution is 2.37. The predicted molar refractivity (Wildman–Crippen MR) is 149 cm³/mol. The van der Waals surface area contributed by atoms with E-state index < -0.39 is 0 Å². The topological polar surface area (TPSA) is 68.3 Å². The molecule has 4 aliphatic heterocycles. The van der Waals surface area contributed by atoms with Gasteiger partial charge in [-0.2, -0.15) is 9.97 Å². The molecule has 1 aromatic carbocycles. The largest absolute Gasteiger partial charge is 0.462 e. The zero-order valence-electron chi connectivity index (χ0n) is 22.7. The Morgan fingerprint density at radius 2 is 1.87 bits per heavy atom. The Labute approximate surface area is 225 Å². The summed E-state index contributed by atoms with van der Waals surface area (Å²) in [6.07, 6.45) is 4.85. The maximum Gasteiger partial charge on any atom is 0.318 e. The number of nitrogens with zero attached hydrogens (tertiary/aromatic N) is 7. The fraction of sp³-hybridized carbons (Fsp3) is 0.552. The molecule has 0 unspecified atom stereocenters. The van der Waals surface area contributed by atoms with Crippen LogP contribution >= 0.6 is 0 Å². The van der Waals surface area contributed by atoms with Gasteiger partial charge in [0.05, 0.1) is 12.2 Å². The summed E-state index contributed by atoms with van der Waals surface area (Å²) in [5, 5.41) is 0. The fourth-order valence-corrected chi connectivity index (χ4v) is 6.33. The molecule has 2 aromatic rings. The van der Waals surface area contributed by atoms with E-state index in [0.29, 0.717) is 31.7 Å². The molecule has 0 spiro atoms. The second-order valence-electron chi connectivity index (χ2n) is 11.1. The molecule has 0 bridgehead atoms. The maximum absolute atomic E-state index is 12.2. The smallest absolute Gasteiger partial charge is 0.318 e. The van der Waals surface area contributed by atoms with Gasteiger partial charge in [-0.15, -0.1) is 0 Å². The number of amides is 1. The molecule has 0 radical (unpaired) electrons. The van der Waals surface area contributed by atoms with Crippen LogP contribution < -0.4 is 14.5 Å². The number of likely N-dealkylation sites (N-methyl/N-ethyl adjacent to an activating group) is 2. The van der Waals surface area contributed by atoms with Crippen LogP contribution in [0.5, 0.6) is 6.01 Å². The van der Waals surface area contributed by atoms with Crippen molar-refractivity contribution in [1.29, 1.82) is 0 Å². The molecule has 2 saturated heterocycles. The van der Waals surface area contributed by atoms with E-state index in [1.807, 2.05) is 4.90 Å². The van der Waals surface area contributed by atoms with Gasteiger partial charge in [0.1, 0.15) is 12.4 Å². The van der Waals surface area contributed by atoms with Crippen molar-refractivity contribution in [3.8, 4) is 6.01 Å². The third kappa shape index (κ3) is 4.85. The fourth-order valence-electron chi connectivity index (χ4n) is 6.33. The molecular weight excluding hydrogens is 478 g/mol. The van der Waals surface area contributed by atoms with E-state index in [9.17, 15) is 4.79 Å². The number of hydrogen-bond acceptors (Lipinski definition) is 8. The number of fused-ring (bicyclic) bond motifs is 2. The second-order valence-corrected chi connectivity index (χ2v) is 11.1. The van der Waals surface area contributed by atoms with Crippen LogP contribution in [-0.2, 0) is 30.8 Å². The Balaban J connectivity index is 1.28. The molecule has 0 N–H and O–H groups in total. The normalized spacial score (nSPS) is 21.9. The SMILES string of the molecule is C=CC(=O)N1CCN(c2nc(OC[C@@H]3CCCN3C)nc3c2CN(c2cccc4c2CN(C)CC4)C3)CC1. The maximum atomic E-state index is 12.2. The van der Waals surface area contributed by atoms with Crippen molar-refractivity contribution in [3.05, 3.63) is 53.2 Å². The Morgan fingerprint density at radius 3 is 2.63 bits per heavy atom. The molecule has 9 nitrogen and oxygen atoms in total. The summed E-state index contributed by atoms with van der Waals surface area (Å²) in [5.41, 5.74) is 6.42. The summed E-state index contributed by atoms with van der Waals surface area (Å²) in [6.45, 7) is 11.8. The van der Waals surface area contributed by atoms with Crippen molar-refractivity contribution >= 4 is 17.4 Å². The molecule has 2 fully saturated rings. The Kier molecular flexibility index (Phi) is 6.97. The number of aromatic nitrogens is 2. The number of benzene rings is 1. The van der Waals surface area contributed by atoms with Gasteiger partial charge in [0, 0.05) is 63.1 Å². The molecule has 4 aliphatic rings. The summed E-state index contributed by atoms with van der Waals surface area (Å²) in [6, 6.07) is 7.60. The summed E-state index contributed by atoms with van der Waals surface area (Å²) in [5.74, 6) is 0.951. The number of anilines is 2. The molecular formula is C29H39N7O2. The Bertz CT molecular complexity index is 1210. The summed E-state index contributed by atoms with van der Waals surface area (Å²) < 4.78 is 6.25. The van der Waals surface area contributed by atoms with Gasteiger partial charge in [-0.25, -0.2) is 0 Å². The molecule has 202 valence electrons. The first-order valence-corrected chi connectivity index (χ1v) is 13.9. The number of ether oxygens (including phenoxy) is 1. The number of hydrogen-bond donors (Lipinski definition) is 0. The van der Waals surface area contributed by atoms with Gasteiger partial charge in [-0.1, -0.05) is 18.7 Å². The van der Waals surface area contributed by atoms with Crippen molar-refractivity contribution < 1.29 is 9.53 Å². The van der Waals surface area contributed by atoms with E-state index in [-0.39, 0.29) is 5.91 Å². The number of piperazine rings is 1. The Morgan fingerprint density at radius 1 is 1.03 bits per heavy atom. The van der Waals surface area contributed by atoms with Gasteiger partial charge in [-0.3, -0.25) is 4.79 Å². The van der Waals surface area contributed by atoms with E-state index in [4.69, 9.17) is 14.7 Å². The third-order valence-corrected chi connectivity index (χ3v) is 8.66. The standard InChI is InChI=1S/C29H39N7O2/c1-4-27(37)34-13-15-35(16-14-34)28-24-18-36(26-9-5-7-21-10-12-32(2)17-23(21)26)19-25(24)30-29(31-28)38-20-22-8-6-11-33(22)3/h4-5,7,9,22H,1,6,8,10-20H2,2-3H3/t22-/m0/s1. The second kappa shape index (κ2) is 10.5. The predicted octanol–water partition coefficient (Wildman–Crippen LogP) is 2.29. The minimum Gasteiger partial charge on any atom is -0.462 e. The first kappa shape index (κ1) is 25.1. The highest BCUT2D eigenvalue weighted by molar-refractivity contribution is 5.87. The van der Waals surface area contributed by atoms with Crippen molar-refractivity contribution in [2.75, 3.05) is 69.8 Å². The van der Waals surface area contributed by atoms with Gasteiger partial charge in [0.15, 0.2) is 0 Å². The Hall–Kier alpha value is -3.17. The minimum atomic E-state index is -0.00716. The van der Waals surface area contributed by atoms with Crippen LogP contribution in [0.4, 0.5) is 11.5 Å². The quantitative estimate of drug-likeness (QED) is 0.541. The van der Waals surface area contributed by atoms with Gasteiger partial charge >= 0.3 is 6.01 Å². The van der Waals surface area contributed by atoms with Gasteiger partial charge in [-0.05, 0) is 63.2 Å². The third-order valence-electron chi connectivity index (χ3n) is 8.66. The average Bonchev–Trinajstić information content (AvgIpc) is 3.56. The van der Waals surface area contributed by atoms with Crippen LogP contribution in [0.15, 0.2) is 30.9 Å². The molecule has 38 heavy (non-hydrogen) atoms. The molecule has 1 atom stereocenters. The van der Waals surface area contributed by atoms with Gasteiger partial charge in [0.2, 0.25) is 5.91 Å². The van der Waals surface area contributed by atoms with Crippen LogP contribution in [0, 0.1) is 0 Å². The van der Waals surface area contributed by atoms with Crippen LogP contribution in [0.2, 0.25) is 0 Å². The van der Waals surface area contributed by atoms with E-state index in [2.05, 4.69) is 58.5 Å². The van der Waals surface area contributed by atoms with Crippen molar-refractivity contribution in [3.63, 3.8) is 0 Å². The van der Waals surface area contributed by atoms with Crippen molar-refractivity contribution in [1.82, 2.24) is 24.7 Å². The number of carbonyl (C=O) groups is 1. The lowest BCUT2D eigenvalue weighted by Crippen LogP contribution is -2.48. The van der Waals surface area contributed by atoms with Crippen molar-refractivity contribution in [2.24, 2.45) is 0 Å². The van der Waals surface area contributed by atoms with Gasteiger partial charge < -0.3 is 29.2 Å². The van der Waals surface area contributed by atoms with Crippen molar-refractivity contribution in [2.45, 2.75) is 44.9 Å². The first-order valence-electron chi connectivity index (χ1n) is 13.9. The highest BCUT2D eigenvalue weighted by atomic mass is 16.5. The monoisotopic (exact) mass is 517 g/mol. The minimum absolute atomic E-state index is 0.00716. The van der Waals surface area contributed by atoms with E-state index in [0.717, 1.165) is 70.2 Å². The summed E-state index contributed by atoms with van der Waals surface area (Å²) in [4.78, 5) is 33.5. The number of likely N-dealkylation sites (tertiary alicyclic amines) is 1. The molecule has 0 aliphatic carbocycles. The molecule has 0 saturated carbocycles. The van der Waals surface area contributed by atoms with Crippen LogP contribution in [0.25, 0.3) is 0 Å². The lowest BCUT2D eigenvalue weighted by molar-refractivity contribution is -0.126. The van der Waals surface area contributed by atoms with Gasteiger partial charge in [0.25, 0.3) is 0 Å². The van der Waals surface area contributed by atoms with E-state index in [1.54, 1.807) is 0 Å². The lowest BCUT2D eigenvalue weighted by atomic mass is 9.98. The molecule has 9 heteroatoms. The van der Waals surface area contributed by atoms with E-state index in [1.165, 1.54) is 34.9 Å². The number of carbonyl (C=O) groups excluding carboxylic acids is 1. The summed E-state index contributed by atoms with van der Waals surface area (Å²) >= 11 is 0. The average molecular weight is 518 g/mol. The zero-order valence-corrected chi connectivity index (χ0v) is 22.7. The van der Waals surface area contributed by atoms with Crippen LogP contribution in [0.1, 0.15) is 35.2 Å². The highest BCUT2D eigenvalue weighted by Gasteiger charge is 2.32. The molecule has 1 aromatic heterocycles. The van der Waals surface area contributed by atoms with Crippen LogP contribution in [0.3, 0.4) is 0 Å². The molecule has 5 heterocycles. The first-order chi connectivity index (χ1) is 18.5.